The van der Waals surface area contributed by atoms with Gasteiger partial charge in [0.05, 0.1) is 35.6 Å². The smallest absolute Gasteiger partial charge is 0.230 e. The van der Waals surface area contributed by atoms with Crippen LogP contribution in [0.15, 0.2) is 86.0 Å². The summed E-state index contributed by atoms with van der Waals surface area (Å²) in [5, 5.41) is 27.3. The van der Waals surface area contributed by atoms with Gasteiger partial charge in [-0.05, 0) is 86.8 Å². The summed E-state index contributed by atoms with van der Waals surface area (Å²) in [4.78, 5) is 40.1. The molecule has 8 aromatic heterocycles. The maximum atomic E-state index is 9.69. The van der Waals surface area contributed by atoms with Crippen LogP contribution in [0.1, 0.15) is 100 Å². The molecule has 2 saturated heterocycles. The number of aliphatic hydroxyl groups excluding tert-OH is 2. The molecule has 0 atom stereocenters. The van der Waals surface area contributed by atoms with Crippen LogP contribution < -0.4 is 11.1 Å². The predicted molar refractivity (Wildman–Crippen MR) is 263 cm³/mol. The number of nitrogen functional groups attached to an aromatic ring is 1. The molecule has 16 nitrogen and oxygen atoms in total. The van der Waals surface area contributed by atoms with E-state index in [1.54, 1.807) is 0 Å². The minimum Gasteiger partial charge on any atom is -0.393 e. The number of rotatable bonds is 8. The molecule has 67 heavy (non-hydrogen) atoms. The van der Waals surface area contributed by atoms with Crippen molar-refractivity contribution in [2.75, 3.05) is 37.2 Å². The summed E-state index contributed by atoms with van der Waals surface area (Å²) in [6.45, 7) is 5.54. The first-order chi connectivity index (χ1) is 32.8. The molecule has 17 heteroatoms. The van der Waals surface area contributed by atoms with Crippen molar-refractivity contribution < 1.29 is 10.2 Å². The minimum absolute atomic E-state index is 0.107. The molecular formula is C50H59ClN14O2. The molecule has 12 rings (SSSR count). The fourth-order valence-electron chi connectivity index (χ4n) is 10.3. The van der Waals surface area contributed by atoms with E-state index in [2.05, 4.69) is 71.3 Å². The molecule has 2 aliphatic heterocycles. The average Bonchev–Trinajstić information content (AvgIpc) is 4.19. The summed E-state index contributed by atoms with van der Waals surface area (Å²) < 4.78 is 4.67. The number of pyridine rings is 4. The van der Waals surface area contributed by atoms with Crippen molar-refractivity contribution in [3.8, 4) is 0 Å². The van der Waals surface area contributed by atoms with Crippen LogP contribution in [0.2, 0.25) is 5.15 Å². The first-order valence-electron chi connectivity index (χ1n) is 23.9. The molecule has 0 spiro atoms. The average molecular weight is 924 g/mol. The number of halogens is 1. The molecule has 5 N–H and O–H groups in total. The van der Waals surface area contributed by atoms with E-state index in [1.165, 1.54) is 62.5 Å². The highest BCUT2D eigenvalue weighted by Crippen LogP contribution is 2.39. The summed E-state index contributed by atoms with van der Waals surface area (Å²) in [6.07, 6.45) is 28.0. The van der Waals surface area contributed by atoms with Gasteiger partial charge < -0.3 is 30.4 Å². The summed E-state index contributed by atoms with van der Waals surface area (Å²) in [5.74, 6) is 1.63. The second-order valence-corrected chi connectivity index (χ2v) is 18.9. The van der Waals surface area contributed by atoms with Gasteiger partial charge in [-0.25, -0.2) is 19.9 Å². The van der Waals surface area contributed by atoms with Crippen LogP contribution in [0.5, 0.6) is 0 Å². The molecule has 0 bridgehead atoms. The van der Waals surface area contributed by atoms with Gasteiger partial charge >= 0.3 is 0 Å². The third-order valence-electron chi connectivity index (χ3n) is 13.9. The molecule has 348 valence electrons. The van der Waals surface area contributed by atoms with Gasteiger partial charge in [0, 0.05) is 110 Å². The zero-order valence-electron chi connectivity index (χ0n) is 37.8. The van der Waals surface area contributed by atoms with Crippen molar-refractivity contribution >= 4 is 73.2 Å². The third kappa shape index (κ3) is 10.3. The largest absolute Gasteiger partial charge is 0.393 e. The van der Waals surface area contributed by atoms with Crippen LogP contribution in [0, 0.1) is 0 Å². The summed E-state index contributed by atoms with van der Waals surface area (Å²) >= 11 is 5.72. The third-order valence-corrected chi connectivity index (χ3v) is 14.1. The van der Waals surface area contributed by atoms with Gasteiger partial charge in [-0.1, -0.05) is 49.4 Å². The van der Waals surface area contributed by atoms with Gasteiger partial charge in [0.15, 0.2) is 0 Å². The van der Waals surface area contributed by atoms with Crippen LogP contribution in [0.4, 0.5) is 17.7 Å². The standard InChI is InChI=1S/C25H29N7O.C14H15N5.C11H15ClN2O/c33-19-8-11-31(12-9-19)16-17-5-6-23(27-13-17)29-25-28-14-21-20-7-10-26-15-22(20)32(24(21)30-25)18-3-1-2-4-18;15-14-17-7-11-10-5-6-16-8-12(10)19(13(11)18-14)9-3-1-2-4-9;12-11-2-1-9(7-13-11)8-14-5-3-10(15)4-6-14/h5-7,10,13-15,18-19,33H,1-4,8-9,11-12,16H2,(H,27,28,29,30);5-9H,1-4H2,(H2,15,17,18);1-2,7,10,15H,3-6,8H2. The lowest BCUT2D eigenvalue weighted by molar-refractivity contribution is 0.0790. The van der Waals surface area contributed by atoms with Crippen LogP contribution >= 0.6 is 11.6 Å². The predicted octanol–water partition coefficient (Wildman–Crippen LogP) is 8.56. The topological polar surface area (TPSA) is 198 Å². The Labute approximate surface area is 394 Å². The van der Waals surface area contributed by atoms with Gasteiger partial charge in [-0.2, -0.15) is 9.97 Å². The van der Waals surface area contributed by atoms with E-state index in [1.807, 2.05) is 73.8 Å². The highest BCUT2D eigenvalue weighted by Gasteiger charge is 2.25. The molecule has 10 heterocycles. The van der Waals surface area contributed by atoms with E-state index >= 15 is 0 Å². The highest BCUT2D eigenvalue weighted by molar-refractivity contribution is 6.29. The Kier molecular flexibility index (Phi) is 13.8. The molecule has 0 unspecified atom stereocenters. The number of hydrogen-bond donors (Lipinski definition) is 4. The Balaban J connectivity index is 0.000000130. The molecule has 0 amide bonds. The first kappa shape index (κ1) is 44.9. The Morgan fingerprint density at radius 3 is 1.57 bits per heavy atom. The lowest BCUT2D eigenvalue weighted by atomic mass is 10.1. The molecule has 2 aliphatic carbocycles. The fourth-order valence-corrected chi connectivity index (χ4v) is 10.5. The summed E-state index contributed by atoms with van der Waals surface area (Å²) in [5.41, 5.74) is 12.3. The number of nitrogens with zero attached hydrogens (tertiary/aromatic N) is 12. The van der Waals surface area contributed by atoms with E-state index in [-0.39, 0.29) is 12.2 Å². The zero-order valence-corrected chi connectivity index (χ0v) is 38.6. The summed E-state index contributed by atoms with van der Waals surface area (Å²) in [6, 6.07) is 13.0. The van der Waals surface area contributed by atoms with Crippen LogP contribution in [0.3, 0.4) is 0 Å². The van der Waals surface area contributed by atoms with Crippen molar-refractivity contribution in [1.29, 1.82) is 0 Å². The lowest BCUT2D eigenvalue weighted by Crippen LogP contribution is -2.35. The van der Waals surface area contributed by atoms with E-state index in [9.17, 15) is 10.2 Å². The van der Waals surface area contributed by atoms with E-state index < -0.39 is 0 Å². The maximum absolute atomic E-state index is 9.69. The van der Waals surface area contributed by atoms with E-state index in [4.69, 9.17) is 22.3 Å². The van der Waals surface area contributed by atoms with Crippen molar-refractivity contribution in [2.45, 2.75) is 114 Å². The molecular weight excluding hydrogens is 864 g/mol. The van der Waals surface area contributed by atoms with Gasteiger partial charge in [-0.15, -0.1) is 0 Å². The molecule has 0 aromatic carbocycles. The van der Waals surface area contributed by atoms with Crippen molar-refractivity contribution in [1.82, 2.24) is 58.8 Å². The second kappa shape index (κ2) is 20.5. The number of hydrogen-bond acceptors (Lipinski definition) is 14. The molecule has 4 aliphatic rings. The second-order valence-electron chi connectivity index (χ2n) is 18.5. The van der Waals surface area contributed by atoms with Crippen LogP contribution in [-0.2, 0) is 13.1 Å². The molecule has 4 fully saturated rings. The number of fused-ring (bicyclic) bond motifs is 6. The quantitative estimate of drug-likeness (QED) is 0.106. The fraction of sp³-hybridized carbons (Fsp3) is 0.440. The van der Waals surface area contributed by atoms with E-state index in [0.717, 1.165) is 115 Å². The molecule has 2 saturated carbocycles. The first-order valence-corrected chi connectivity index (χ1v) is 24.3. The Morgan fingerprint density at radius 1 is 0.552 bits per heavy atom. The molecule has 0 radical (unpaired) electrons. The zero-order chi connectivity index (χ0) is 45.7. The number of nitrogens with two attached hydrogens (primary N) is 1. The Hall–Kier alpha value is -5.91. The lowest BCUT2D eigenvalue weighted by Gasteiger charge is -2.29. The summed E-state index contributed by atoms with van der Waals surface area (Å²) in [7, 11) is 0. The number of aromatic nitrogens is 10. The Morgan fingerprint density at radius 2 is 1.06 bits per heavy atom. The normalized spacial score (nSPS) is 18.1. The number of piperidine rings is 2. The van der Waals surface area contributed by atoms with Gasteiger partial charge in [0.1, 0.15) is 22.3 Å². The van der Waals surface area contributed by atoms with Crippen molar-refractivity contribution in [2.24, 2.45) is 0 Å². The van der Waals surface area contributed by atoms with Gasteiger partial charge in [0.25, 0.3) is 0 Å². The van der Waals surface area contributed by atoms with Gasteiger partial charge in [0.2, 0.25) is 11.9 Å². The maximum Gasteiger partial charge on any atom is 0.230 e. The molecule has 8 aromatic rings. The van der Waals surface area contributed by atoms with E-state index in [0.29, 0.717) is 29.1 Å². The highest BCUT2D eigenvalue weighted by atomic mass is 35.5. The monoisotopic (exact) mass is 922 g/mol. The minimum atomic E-state index is -0.146. The van der Waals surface area contributed by atoms with Crippen molar-refractivity contribution in [3.63, 3.8) is 0 Å². The number of nitrogens with one attached hydrogen (secondary N) is 1. The SMILES string of the molecule is Nc1ncc2c3ccncc3n(C3CCCC3)c2n1.OC1CCN(Cc2ccc(Cl)nc2)CC1.OC1CCN(Cc2ccc(Nc3ncc4c5ccncc5n(C5CCCC5)c4n3)nc2)CC1. The van der Waals surface area contributed by atoms with Crippen LogP contribution in [-0.4, -0.2) is 107 Å². The van der Waals surface area contributed by atoms with Crippen LogP contribution in [0.25, 0.3) is 43.9 Å². The van der Waals surface area contributed by atoms with Crippen molar-refractivity contribution in [3.05, 3.63) is 102 Å². The number of aliphatic hydroxyl groups is 2. The Bertz CT molecular complexity index is 2900. The number of likely N-dealkylation sites (tertiary alicyclic amines) is 2. The number of anilines is 3. The van der Waals surface area contributed by atoms with Gasteiger partial charge in [-0.3, -0.25) is 19.8 Å².